The Labute approximate surface area is 143 Å². The van der Waals surface area contributed by atoms with E-state index in [9.17, 15) is 0 Å². The summed E-state index contributed by atoms with van der Waals surface area (Å²) in [5.41, 5.74) is 1.87. The SMILES string of the molecule is CCCN(C(CC)c1ccc(OCC2(C)CC2)cc1)[C@@H](C)CC. The Kier molecular flexibility index (Phi) is 6.52. The van der Waals surface area contributed by atoms with E-state index in [2.05, 4.69) is 63.8 Å². The van der Waals surface area contributed by atoms with Crippen molar-refractivity contribution in [2.75, 3.05) is 13.2 Å². The molecule has 0 saturated heterocycles. The van der Waals surface area contributed by atoms with E-state index in [0.29, 0.717) is 17.5 Å². The van der Waals surface area contributed by atoms with Crippen molar-refractivity contribution in [2.45, 2.75) is 78.8 Å². The smallest absolute Gasteiger partial charge is 0.119 e. The zero-order valence-electron chi connectivity index (χ0n) is 15.8. The summed E-state index contributed by atoms with van der Waals surface area (Å²) in [5, 5.41) is 0. The molecule has 2 rings (SSSR count). The van der Waals surface area contributed by atoms with Crippen LogP contribution in [-0.4, -0.2) is 24.1 Å². The summed E-state index contributed by atoms with van der Waals surface area (Å²) in [6.07, 6.45) is 6.19. The molecule has 1 aromatic rings. The molecule has 0 bridgehead atoms. The van der Waals surface area contributed by atoms with Crippen molar-refractivity contribution in [1.82, 2.24) is 4.90 Å². The van der Waals surface area contributed by atoms with E-state index in [-0.39, 0.29) is 0 Å². The lowest BCUT2D eigenvalue weighted by Crippen LogP contribution is -2.36. The zero-order valence-corrected chi connectivity index (χ0v) is 15.8. The van der Waals surface area contributed by atoms with Crippen molar-refractivity contribution in [3.8, 4) is 5.75 Å². The highest BCUT2D eigenvalue weighted by atomic mass is 16.5. The Balaban J connectivity index is 2.04. The molecule has 0 heterocycles. The van der Waals surface area contributed by atoms with Gasteiger partial charge < -0.3 is 4.74 Å². The molecule has 0 amide bonds. The molecule has 2 heteroatoms. The average molecular weight is 318 g/mol. The summed E-state index contributed by atoms with van der Waals surface area (Å²) in [7, 11) is 0. The fourth-order valence-electron chi connectivity index (χ4n) is 3.24. The van der Waals surface area contributed by atoms with Gasteiger partial charge in [0.25, 0.3) is 0 Å². The molecule has 0 aliphatic heterocycles. The fourth-order valence-corrected chi connectivity index (χ4v) is 3.24. The van der Waals surface area contributed by atoms with E-state index >= 15 is 0 Å². The van der Waals surface area contributed by atoms with Gasteiger partial charge in [-0.2, -0.15) is 0 Å². The molecule has 130 valence electrons. The maximum atomic E-state index is 5.96. The monoisotopic (exact) mass is 317 g/mol. The maximum Gasteiger partial charge on any atom is 0.119 e. The van der Waals surface area contributed by atoms with Crippen molar-refractivity contribution in [2.24, 2.45) is 5.41 Å². The molecular formula is C21H35NO. The van der Waals surface area contributed by atoms with Crippen molar-refractivity contribution in [1.29, 1.82) is 0 Å². The second kappa shape index (κ2) is 8.19. The Morgan fingerprint density at radius 3 is 2.22 bits per heavy atom. The van der Waals surface area contributed by atoms with Gasteiger partial charge in [-0.1, -0.05) is 39.8 Å². The van der Waals surface area contributed by atoms with Gasteiger partial charge in [0, 0.05) is 17.5 Å². The summed E-state index contributed by atoms with van der Waals surface area (Å²) in [4.78, 5) is 2.67. The summed E-state index contributed by atoms with van der Waals surface area (Å²) in [5.74, 6) is 1.02. The van der Waals surface area contributed by atoms with Crippen LogP contribution < -0.4 is 4.74 Å². The van der Waals surface area contributed by atoms with Crippen LogP contribution in [0.15, 0.2) is 24.3 Å². The molecule has 0 aromatic heterocycles. The van der Waals surface area contributed by atoms with Crippen LogP contribution in [-0.2, 0) is 0 Å². The molecule has 1 aliphatic carbocycles. The third-order valence-electron chi connectivity index (χ3n) is 5.38. The maximum absolute atomic E-state index is 5.96. The molecule has 0 N–H and O–H groups in total. The van der Waals surface area contributed by atoms with Gasteiger partial charge in [0.2, 0.25) is 0 Å². The highest BCUT2D eigenvalue weighted by molar-refractivity contribution is 5.29. The molecule has 1 aliphatic rings. The normalized spacial score (nSPS) is 18.7. The largest absolute Gasteiger partial charge is 0.493 e. The molecule has 1 fully saturated rings. The van der Waals surface area contributed by atoms with Crippen LogP contribution in [0.25, 0.3) is 0 Å². The van der Waals surface area contributed by atoms with Gasteiger partial charge in [-0.05, 0) is 63.3 Å². The standard InChI is InChI=1S/C21H35NO/c1-6-15-22(17(4)7-2)20(8-3)18-9-11-19(12-10-18)23-16-21(5)13-14-21/h9-12,17,20H,6-8,13-16H2,1-5H3/t17-,20?/m0/s1. The fraction of sp³-hybridized carbons (Fsp3) is 0.714. The van der Waals surface area contributed by atoms with Crippen LogP contribution in [0.1, 0.15) is 78.3 Å². The van der Waals surface area contributed by atoms with Gasteiger partial charge in [0.15, 0.2) is 0 Å². The van der Waals surface area contributed by atoms with Gasteiger partial charge in [0.1, 0.15) is 5.75 Å². The van der Waals surface area contributed by atoms with Gasteiger partial charge in [-0.25, -0.2) is 0 Å². The average Bonchev–Trinajstić information content (AvgIpc) is 3.31. The molecule has 0 radical (unpaired) electrons. The number of rotatable bonds is 10. The first-order chi connectivity index (χ1) is 11.0. The molecule has 0 spiro atoms. The first-order valence-electron chi connectivity index (χ1n) is 9.51. The minimum absolute atomic E-state index is 0.444. The molecule has 1 saturated carbocycles. The van der Waals surface area contributed by atoms with Crippen LogP contribution >= 0.6 is 0 Å². The predicted octanol–water partition coefficient (Wildman–Crippen LogP) is 5.83. The minimum atomic E-state index is 0.444. The van der Waals surface area contributed by atoms with E-state index < -0.39 is 0 Å². The molecule has 2 atom stereocenters. The Hall–Kier alpha value is -1.02. The van der Waals surface area contributed by atoms with Crippen molar-refractivity contribution in [3.05, 3.63) is 29.8 Å². The van der Waals surface area contributed by atoms with Gasteiger partial charge >= 0.3 is 0 Å². The first-order valence-corrected chi connectivity index (χ1v) is 9.51. The molecule has 1 unspecified atom stereocenters. The van der Waals surface area contributed by atoms with Gasteiger partial charge in [-0.3, -0.25) is 4.90 Å². The zero-order chi connectivity index (χ0) is 16.9. The van der Waals surface area contributed by atoms with Crippen LogP contribution in [0, 0.1) is 5.41 Å². The Morgan fingerprint density at radius 2 is 1.74 bits per heavy atom. The lowest BCUT2D eigenvalue weighted by Gasteiger charge is -2.36. The lowest BCUT2D eigenvalue weighted by molar-refractivity contribution is 0.135. The van der Waals surface area contributed by atoms with Crippen molar-refractivity contribution in [3.63, 3.8) is 0 Å². The highest BCUT2D eigenvalue weighted by Gasteiger charge is 2.38. The summed E-state index contributed by atoms with van der Waals surface area (Å²) in [6.45, 7) is 13.6. The Bertz CT molecular complexity index is 463. The number of ether oxygens (including phenoxy) is 1. The van der Waals surface area contributed by atoms with Crippen LogP contribution in [0.4, 0.5) is 0 Å². The number of hydrogen-bond acceptors (Lipinski definition) is 2. The lowest BCUT2D eigenvalue weighted by atomic mass is 10.00. The second-order valence-electron chi connectivity index (χ2n) is 7.59. The van der Waals surface area contributed by atoms with Gasteiger partial charge in [-0.15, -0.1) is 0 Å². The van der Waals surface area contributed by atoms with Crippen LogP contribution in [0.5, 0.6) is 5.75 Å². The molecule has 1 aromatic carbocycles. The number of hydrogen-bond donors (Lipinski definition) is 0. The highest BCUT2D eigenvalue weighted by Crippen LogP contribution is 2.45. The molecular weight excluding hydrogens is 282 g/mol. The van der Waals surface area contributed by atoms with Crippen molar-refractivity contribution >= 4 is 0 Å². The topological polar surface area (TPSA) is 12.5 Å². The molecule has 23 heavy (non-hydrogen) atoms. The quantitative estimate of drug-likeness (QED) is 0.538. The number of benzene rings is 1. The van der Waals surface area contributed by atoms with E-state index in [0.717, 1.165) is 18.8 Å². The third-order valence-corrected chi connectivity index (χ3v) is 5.38. The number of nitrogens with zero attached hydrogens (tertiary/aromatic N) is 1. The van der Waals surface area contributed by atoms with Gasteiger partial charge in [0.05, 0.1) is 6.61 Å². The van der Waals surface area contributed by atoms with E-state index in [1.54, 1.807) is 0 Å². The third kappa shape index (κ3) is 4.97. The second-order valence-corrected chi connectivity index (χ2v) is 7.59. The minimum Gasteiger partial charge on any atom is -0.493 e. The summed E-state index contributed by atoms with van der Waals surface area (Å²) < 4.78 is 5.96. The van der Waals surface area contributed by atoms with Crippen LogP contribution in [0.3, 0.4) is 0 Å². The summed E-state index contributed by atoms with van der Waals surface area (Å²) in [6, 6.07) is 9.99. The summed E-state index contributed by atoms with van der Waals surface area (Å²) >= 11 is 0. The van der Waals surface area contributed by atoms with E-state index in [4.69, 9.17) is 4.74 Å². The Morgan fingerprint density at radius 1 is 1.09 bits per heavy atom. The van der Waals surface area contributed by atoms with Crippen molar-refractivity contribution < 1.29 is 4.74 Å². The molecule has 2 nitrogen and oxygen atoms in total. The first kappa shape index (κ1) is 18.3. The van der Waals surface area contributed by atoms with Crippen LogP contribution in [0.2, 0.25) is 0 Å². The predicted molar refractivity (Wildman–Crippen MR) is 99.1 cm³/mol. The van der Waals surface area contributed by atoms with E-state index in [1.807, 2.05) is 0 Å². The van der Waals surface area contributed by atoms with E-state index in [1.165, 1.54) is 37.8 Å².